The lowest BCUT2D eigenvalue weighted by molar-refractivity contribution is -0.144. The van der Waals surface area contributed by atoms with Crippen LogP contribution in [0.4, 0.5) is 5.82 Å². The molecule has 0 aliphatic rings. The smallest absolute Gasteiger partial charge is 0.459 e. The van der Waals surface area contributed by atoms with Crippen molar-refractivity contribution in [2.45, 2.75) is 72.1 Å². The number of esters is 1. The summed E-state index contributed by atoms with van der Waals surface area (Å²) < 4.78 is 39.6. The lowest BCUT2D eigenvalue weighted by Gasteiger charge is -2.35. The number of fused-ring (bicyclic) bond motifs is 3. The minimum absolute atomic E-state index is 0.0409. The van der Waals surface area contributed by atoms with Crippen LogP contribution in [-0.4, -0.2) is 46.4 Å². The highest BCUT2D eigenvalue weighted by Gasteiger charge is 2.38. The van der Waals surface area contributed by atoms with E-state index in [2.05, 4.69) is 21.6 Å². The molecule has 2 heterocycles. The second kappa shape index (κ2) is 14.3. The topological polar surface area (TPSA) is 140 Å². The number of hydrogen-bond donors (Lipinski definition) is 2. The first-order valence-corrected chi connectivity index (χ1v) is 16.3. The molecule has 1 unspecified atom stereocenters. The van der Waals surface area contributed by atoms with Gasteiger partial charge < -0.3 is 24.3 Å². The second-order valence-electron chi connectivity index (χ2n) is 10.6. The number of benzene rings is 2. The van der Waals surface area contributed by atoms with Gasteiger partial charge in [-0.25, -0.2) is 14.5 Å². The Morgan fingerprint density at radius 1 is 1.07 bits per heavy atom. The number of pyridine rings is 1. The third kappa shape index (κ3) is 7.54. The van der Waals surface area contributed by atoms with Crippen LogP contribution in [0.5, 0.6) is 5.75 Å². The molecule has 4 rings (SSSR count). The SMILES string of the molecule is CCCCC(C)(CO[P@](=O)(N[C@@H](C)C(=O)OCC)Oc1ccccc1)n1c(COCC)nc2c(N)nc3ccccc3c21. The Kier molecular flexibility index (Phi) is 10.8. The number of aromatic nitrogens is 3. The van der Waals surface area contributed by atoms with Gasteiger partial charge in [0.25, 0.3) is 0 Å². The summed E-state index contributed by atoms with van der Waals surface area (Å²) in [5, 5.41) is 3.66. The first-order valence-electron chi connectivity index (χ1n) is 14.7. The predicted octanol–water partition coefficient (Wildman–Crippen LogP) is 6.35. The number of imidazole rings is 1. The van der Waals surface area contributed by atoms with Crippen molar-refractivity contribution in [2.75, 3.05) is 25.6 Å². The third-order valence-electron chi connectivity index (χ3n) is 7.14. The van der Waals surface area contributed by atoms with E-state index in [1.54, 1.807) is 38.1 Å². The number of ether oxygens (including phenoxy) is 2. The van der Waals surface area contributed by atoms with Gasteiger partial charge in [0.05, 0.1) is 29.8 Å². The van der Waals surface area contributed by atoms with E-state index in [1.807, 2.05) is 44.2 Å². The highest BCUT2D eigenvalue weighted by Crippen LogP contribution is 2.47. The van der Waals surface area contributed by atoms with Crippen LogP contribution in [0.15, 0.2) is 54.6 Å². The Balaban J connectivity index is 1.82. The van der Waals surface area contributed by atoms with E-state index in [9.17, 15) is 9.36 Å². The summed E-state index contributed by atoms with van der Waals surface area (Å²) in [6.45, 7) is 10.2. The maximum Gasteiger partial charge on any atom is 0.459 e. The lowest BCUT2D eigenvalue weighted by Crippen LogP contribution is -2.39. The molecule has 3 N–H and O–H groups in total. The van der Waals surface area contributed by atoms with Crippen LogP contribution < -0.4 is 15.3 Å². The summed E-state index contributed by atoms with van der Waals surface area (Å²) >= 11 is 0. The number of rotatable bonds is 16. The Bertz CT molecular complexity index is 1580. The van der Waals surface area contributed by atoms with Crippen molar-refractivity contribution < 1.29 is 27.9 Å². The van der Waals surface area contributed by atoms with Crippen LogP contribution in [0, 0.1) is 0 Å². The Hall–Kier alpha value is -3.50. The van der Waals surface area contributed by atoms with Crippen molar-refractivity contribution in [1.82, 2.24) is 19.6 Å². The molecule has 0 aliphatic carbocycles. The van der Waals surface area contributed by atoms with Gasteiger partial charge >= 0.3 is 13.7 Å². The fraction of sp³-hybridized carbons (Fsp3) is 0.452. The number of hydrogen-bond acceptors (Lipinski definition) is 9. The van der Waals surface area contributed by atoms with Gasteiger partial charge in [0.2, 0.25) is 0 Å². The monoisotopic (exact) mass is 611 g/mol. The molecule has 2 aromatic heterocycles. The molecule has 2 aromatic carbocycles. The Morgan fingerprint density at radius 2 is 1.79 bits per heavy atom. The first kappa shape index (κ1) is 32.4. The molecule has 0 saturated heterocycles. The van der Waals surface area contributed by atoms with Gasteiger partial charge in [0.15, 0.2) is 5.82 Å². The van der Waals surface area contributed by atoms with Gasteiger partial charge in [-0.1, -0.05) is 56.2 Å². The average molecular weight is 612 g/mol. The lowest BCUT2D eigenvalue weighted by atomic mass is 9.94. The number of carbonyl (C=O) groups excluding carboxylic acids is 1. The molecule has 11 nitrogen and oxygen atoms in total. The summed E-state index contributed by atoms with van der Waals surface area (Å²) in [5.41, 5.74) is 7.75. The number of carbonyl (C=O) groups is 1. The molecule has 43 heavy (non-hydrogen) atoms. The second-order valence-corrected chi connectivity index (χ2v) is 12.3. The molecular weight excluding hydrogens is 569 g/mol. The standard InChI is InChI=1S/C31H42N5O6P/c1-6-9-19-31(5,21-41-43(38,35-22(4)30(37)40-8-3)42-23-15-11-10-12-16-23)36-26(20-39-7-2)34-27-28(36)24-17-13-14-18-25(24)33-29(27)32/h10-18,22H,6-9,19-21H2,1-5H3,(H2,32,33)(H,35,38)/t22-,31?,43+/m0/s1. The van der Waals surface area contributed by atoms with E-state index in [0.29, 0.717) is 35.9 Å². The number of anilines is 1. The van der Waals surface area contributed by atoms with Gasteiger partial charge in [0, 0.05) is 12.0 Å². The van der Waals surface area contributed by atoms with E-state index in [0.717, 1.165) is 29.3 Å². The molecule has 0 spiro atoms. The number of nitrogens with zero attached hydrogens (tertiary/aromatic N) is 3. The number of unbranched alkanes of at least 4 members (excludes halogenated alkanes) is 1. The minimum atomic E-state index is -4.11. The number of nitrogens with two attached hydrogens (primary N) is 1. The van der Waals surface area contributed by atoms with Crippen LogP contribution in [-0.2, 0) is 35.5 Å². The first-order chi connectivity index (χ1) is 20.6. The molecule has 0 fully saturated rings. The molecule has 0 aliphatic heterocycles. The number of nitrogens with one attached hydrogen (secondary N) is 1. The van der Waals surface area contributed by atoms with E-state index in [4.69, 9.17) is 29.2 Å². The number of nitrogen functional groups attached to an aromatic ring is 1. The molecule has 3 atom stereocenters. The maximum atomic E-state index is 14.3. The maximum absolute atomic E-state index is 14.3. The van der Waals surface area contributed by atoms with E-state index >= 15 is 0 Å². The van der Waals surface area contributed by atoms with E-state index in [-0.39, 0.29) is 19.8 Å². The minimum Gasteiger partial charge on any atom is -0.465 e. The van der Waals surface area contributed by atoms with Gasteiger partial charge in [-0.15, -0.1) is 0 Å². The van der Waals surface area contributed by atoms with Crippen molar-refractivity contribution in [2.24, 2.45) is 0 Å². The highest BCUT2D eigenvalue weighted by molar-refractivity contribution is 7.52. The normalized spacial score (nSPS) is 15.2. The Morgan fingerprint density at radius 3 is 2.49 bits per heavy atom. The third-order valence-corrected chi connectivity index (χ3v) is 8.76. The zero-order valence-corrected chi connectivity index (χ0v) is 26.4. The molecule has 232 valence electrons. The van der Waals surface area contributed by atoms with Crippen LogP contribution in [0.1, 0.15) is 59.7 Å². The summed E-state index contributed by atoms with van der Waals surface area (Å²) in [6, 6.07) is 15.5. The molecule has 0 radical (unpaired) electrons. The van der Waals surface area contributed by atoms with Gasteiger partial charge in [-0.3, -0.25) is 9.32 Å². The van der Waals surface area contributed by atoms with Gasteiger partial charge in [-0.2, -0.15) is 5.09 Å². The molecule has 0 saturated carbocycles. The molecular formula is C31H42N5O6P. The highest BCUT2D eigenvalue weighted by atomic mass is 31.2. The molecule has 4 aromatic rings. The summed E-state index contributed by atoms with van der Waals surface area (Å²) in [5.74, 6) is 0.730. The zero-order valence-electron chi connectivity index (χ0n) is 25.5. The van der Waals surface area contributed by atoms with Crippen molar-refractivity contribution in [3.8, 4) is 5.75 Å². The zero-order chi connectivity index (χ0) is 31.0. The van der Waals surface area contributed by atoms with Crippen LogP contribution in [0.2, 0.25) is 0 Å². The van der Waals surface area contributed by atoms with Crippen LogP contribution in [0.25, 0.3) is 21.9 Å². The van der Waals surface area contributed by atoms with E-state index < -0.39 is 25.3 Å². The predicted molar refractivity (Wildman–Crippen MR) is 168 cm³/mol. The largest absolute Gasteiger partial charge is 0.465 e. The van der Waals surface area contributed by atoms with Crippen LogP contribution >= 0.6 is 7.75 Å². The van der Waals surface area contributed by atoms with Crippen molar-refractivity contribution >= 4 is 41.5 Å². The number of para-hydroxylation sites is 2. The van der Waals surface area contributed by atoms with Crippen molar-refractivity contribution in [3.05, 3.63) is 60.4 Å². The molecule has 0 bridgehead atoms. The Labute approximate surface area is 252 Å². The van der Waals surface area contributed by atoms with Crippen LogP contribution in [0.3, 0.4) is 0 Å². The van der Waals surface area contributed by atoms with Gasteiger partial charge in [0.1, 0.15) is 29.7 Å². The van der Waals surface area contributed by atoms with E-state index in [1.165, 1.54) is 0 Å². The summed E-state index contributed by atoms with van der Waals surface area (Å²) in [4.78, 5) is 22.0. The fourth-order valence-electron chi connectivity index (χ4n) is 5.02. The molecule has 0 amide bonds. The average Bonchev–Trinajstić information content (AvgIpc) is 3.40. The quantitative estimate of drug-likeness (QED) is 0.109. The fourth-order valence-corrected chi connectivity index (χ4v) is 6.62. The van der Waals surface area contributed by atoms with Crippen molar-refractivity contribution in [1.29, 1.82) is 0 Å². The summed E-state index contributed by atoms with van der Waals surface area (Å²) in [7, 11) is -4.11. The van der Waals surface area contributed by atoms with Crippen molar-refractivity contribution in [3.63, 3.8) is 0 Å². The summed E-state index contributed by atoms with van der Waals surface area (Å²) in [6.07, 6.45) is 2.43. The molecule has 12 heteroatoms. The van der Waals surface area contributed by atoms with Gasteiger partial charge in [-0.05, 0) is 52.3 Å².